The van der Waals surface area contributed by atoms with E-state index in [2.05, 4.69) is 32.8 Å². The van der Waals surface area contributed by atoms with Gasteiger partial charge in [-0.3, -0.25) is 4.79 Å². The molecule has 1 amide bonds. The number of hydrogen-bond acceptors (Lipinski definition) is 4. The van der Waals surface area contributed by atoms with Gasteiger partial charge in [-0.2, -0.15) is 5.10 Å². The van der Waals surface area contributed by atoms with Crippen molar-refractivity contribution in [3.63, 3.8) is 0 Å². The number of rotatable bonds is 4. The molecule has 0 bridgehead atoms. The van der Waals surface area contributed by atoms with E-state index in [9.17, 15) is 4.79 Å². The SMILES string of the molecule is O=C(Nc1ccc(C2CCNC2)cc1)c1ccc(-n2cccn2)nc1. The number of pyridine rings is 1. The second-order valence-electron chi connectivity index (χ2n) is 6.12. The van der Waals surface area contributed by atoms with Crippen molar-refractivity contribution < 1.29 is 4.79 Å². The molecule has 1 aliphatic rings. The Morgan fingerprint density at radius 1 is 1.20 bits per heavy atom. The van der Waals surface area contributed by atoms with E-state index in [4.69, 9.17) is 0 Å². The highest BCUT2D eigenvalue weighted by atomic mass is 16.1. The number of nitrogens with zero attached hydrogens (tertiary/aromatic N) is 3. The third-order valence-electron chi connectivity index (χ3n) is 4.45. The molecule has 0 saturated carbocycles. The smallest absolute Gasteiger partial charge is 0.257 e. The van der Waals surface area contributed by atoms with Crippen LogP contribution in [0.25, 0.3) is 5.82 Å². The van der Waals surface area contributed by atoms with Gasteiger partial charge in [0, 0.05) is 30.8 Å². The standard InChI is InChI=1S/C19H19N5O/c25-19(16-4-7-18(21-13-16)24-11-1-9-22-24)23-17-5-2-14(3-6-17)15-8-10-20-12-15/h1-7,9,11,13,15,20H,8,10,12H2,(H,23,25). The molecule has 3 aromatic rings. The van der Waals surface area contributed by atoms with E-state index < -0.39 is 0 Å². The molecule has 6 nitrogen and oxygen atoms in total. The molecule has 1 fully saturated rings. The molecular formula is C19H19N5O. The van der Waals surface area contributed by atoms with Gasteiger partial charge in [0.25, 0.3) is 5.91 Å². The van der Waals surface area contributed by atoms with Crippen molar-refractivity contribution in [2.24, 2.45) is 0 Å². The van der Waals surface area contributed by atoms with Crippen LogP contribution in [0.3, 0.4) is 0 Å². The summed E-state index contributed by atoms with van der Waals surface area (Å²) in [6.45, 7) is 2.10. The minimum atomic E-state index is -0.171. The molecule has 25 heavy (non-hydrogen) atoms. The van der Waals surface area contributed by atoms with Gasteiger partial charge in [-0.1, -0.05) is 12.1 Å². The average molecular weight is 333 g/mol. The highest BCUT2D eigenvalue weighted by Gasteiger charge is 2.16. The molecule has 3 heterocycles. The van der Waals surface area contributed by atoms with Gasteiger partial charge in [-0.15, -0.1) is 0 Å². The molecule has 2 aromatic heterocycles. The summed E-state index contributed by atoms with van der Waals surface area (Å²) in [6.07, 6.45) is 6.22. The lowest BCUT2D eigenvalue weighted by Crippen LogP contribution is -2.13. The Balaban J connectivity index is 1.42. The number of carbonyl (C=O) groups is 1. The summed E-state index contributed by atoms with van der Waals surface area (Å²) >= 11 is 0. The summed E-state index contributed by atoms with van der Waals surface area (Å²) < 4.78 is 1.65. The predicted octanol–water partition coefficient (Wildman–Crippen LogP) is 2.60. The van der Waals surface area contributed by atoms with Crippen molar-refractivity contribution in [1.29, 1.82) is 0 Å². The lowest BCUT2D eigenvalue weighted by molar-refractivity contribution is 0.102. The molecule has 1 atom stereocenters. The molecule has 126 valence electrons. The first-order valence-electron chi connectivity index (χ1n) is 8.38. The quantitative estimate of drug-likeness (QED) is 0.770. The van der Waals surface area contributed by atoms with Crippen LogP contribution in [0.5, 0.6) is 0 Å². The number of amides is 1. The van der Waals surface area contributed by atoms with Gasteiger partial charge in [-0.25, -0.2) is 9.67 Å². The van der Waals surface area contributed by atoms with E-state index in [1.807, 2.05) is 24.4 Å². The van der Waals surface area contributed by atoms with Gasteiger partial charge in [0.1, 0.15) is 0 Å². The summed E-state index contributed by atoms with van der Waals surface area (Å²) in [5.74, 6) is 1.08. The zero-order valence-electron chi connectivity index (χ0n) is 13.7. The third-order valence-corrected chi connectivity index (χ3v) is 4.45. The van der Waals surface area contributed by atoms with Crippen molar-refractivity contribution >= 4 is 11.6 Å². The van der Waals surface area contributed by atoms with E-state index in [1.54, 1.807) is 29.2 Å². The van der Waals surface area contributed by atoms with E-state index in [0.29, 0.717) is 17.3 Å². The summed E-state index contributed by atoms with van der Waals surface area (Å²) in [4.78, 5) is 16.7. The van der Waals surface area contributed by atoms with Crippen LogP contribution in [-0.2, 0) is 0 Å². The highest BCUT2D eigenvalue weighted by molar-refractivity contribution is 6.04. The Morgan fingerprint density at radius 2 is 2.08 bits per heavy atom. The topological polar surface area (TPSA) is 71.8 Å². The van der Waals surface area contributed by atoms with E-state index >= 15 is 0 Å². The van der Waals surface area contributed by atoms with Crippen molar-refractivity contribution in [1.82, 2.24) is 20.1 Å². The van der Waals surface area contributed by atoms with Crippen LogP contribution in [0.1, 0.15) is 28.3 Å². The summed E-state index contributed by atoms with van der Waals surface area (Å²) in [5.41, 5.74) is 2.61. The van der Waals surface area contributed by atoms with Crippen LogP contribution < -0.4 is 10.6 Å². The van der Waals surface area contributed by atoms with Crippen LogP contribution in [0.2, 0.25) is 0 Å². The lowest BCUT2D eigenvalue weighted by atomic mass is 9.98. The predicted molar refractivity (Wildman–Crippen MR) is 96.0 cm³/mol. The van der Waals surface area contributed by atoms with E-state index in [-0.39, 0.29) is 5.91 Å². The molecule has 1 aromatic carbocycles. The number of aromatic nitrogens is 3. The zero-order valence-corrected chi connectivity index (χ0v) is 13.7. The minimum Gasteiger partial charge on any atom is -0.322 e. The average Bonchev–Trinajstić information content (AvgIpc) is 3.36. The maximum Gasteiger partial charge on any atom is 0.257 e. The molecule has 0 radical (unpaired) electrons. The molecule has 2 N–H and O–H groups in total. The zero-order chi connectivity index (χ0) is 17.1. The molecule has 4 rings (SSSR count). The lowest BCUT2D eigenvalue weighted by Gasteiger charge is -2.10. The van der Waals surface area contributed by atoms with Crippen LogP contribution in [0.4, 0.5) is 5.69 Å². The fourth-order valence-corrected chi connectivity index (χ4v) is 3.04. The first kappa shape index (κ1) is 15.5. The van der Waals surface area contributed by atoms with E-state index in [1.165, 1.54) is 12.0 Å². The first-order chi connectivity index (χ1) is 12.3. The van der Waals surface area contributed by atoms with Crippen molar-refractivity contribution in [3.8, 4) is 5.82 Å². The van der Waals surface area contributed by atoms with Crippen LogP contribution >= 0.6 is 0 Å². The number of hydrogen-bond donors (Lipinski definition) is 2. The molecule has 6 heteroatoms. The Hall–Kier alpha value is -2.99. The number of nitrogens with one attached hydrogen (secondary N) is 2. The fraction of sp³-hybridized carbons (Fsp3) is 0.211. The summed E-state index contributed by atoms with van der Waals surface area (Å²) in [6, 6.07) is 13.4. The molecular weight excluding hydrogens is 314 g/mol. The van der Waals surface area contributed by atoms with Crippen LogP contribution in [0.15, 0.2) is 61.1 Å². The highest BCUT2D eigenvalue weighted by Crippen LogP contribution is 2.23. The van der Waals surface area contributed by atoms with Gasteiger partial charge in [0.2, 0.25) is 0 Å². The number of anilines is 1. The maximum absolute atomic E-state index is 12.4. The molecule has 0 spiro atoms. The Bertz CT molecular complexity index is 835. The monoisotopic (exact) mass is 333 g/mol. The molecule has 0 aliphatic carbocycles. The second-order valence-corrected chi connectivity index (χ2v) is 6.12. The first-order valence-corrected chi connectivity index (χ1v) is 8.38. The summed E-state index contributed by atoms with van der Waals surface area (Å²) in [7, 11) is 0. The molecule has 1 saturated heterocycles. The summed E-state index contributed by atoms with van der Waals surface area (Å²) in [5, 5.41) is 10.4. The van der Waals surface area contributed by atoms with Gasteiger partial charge < -0.3 is 10.6 Å². The van der Waals surface area contributed by atoms with Crippen LogP contribution in [0, 0.1) is 0 Å². The van der Waals surface area contributed by atoms with E-state index in [0.717, 1.165) is 18.8 Å². The van der Waals surface area contributed by atoms with Gasteiger partial charge in [0.15, 0.2) is 5.82 Å². The molecule has 1 aliphatic heterocycles. The number of carbonyl (C=O) groups excluding carboxylic acids is 1. The van der Waals surface area contributed by atoms with Gasteiger partial charge in [-0.05, 0) is 54.8 Å². The Labute approximate surface area is 145 Å². The second kappa shape index (κ2) is 6.86. The Morgan fingerprint density at radius 3 is 2.72 bits per heavy atom. The maximum atomic E-state index is 12.4. The van der Waals surface area contributed by atoms with Crippen molar-refractivity contribution in [2.45, 2.75) is 12.3 Å². The Kier molecular flexibility index (Phi) is 4.26. The minimum absolute atomic E-state index is 0.171. The fourth-order valence-electron chi connectivity index (χ4n) is 3.04. The number of benzene rings is 1. The third kappa shape index (κ3) is 3.44. The normalized spacial score (nSPS) is 16.7. The van der Waals surface area contributed by atoms with Crippen LogP contribution in [-0.4, -0.2) is 33.8 Å². The van der Waals surface area contributed by atoms with Gasteiger partial charge >= 0.3 is 0 Å². The van der Waals surface area contributed by atoms with Crippen molar-refractivity contribution in [3.05, 3.63) is 72.2 Å². The van der Waals surface area contributed by atoms with Gasteiger partial charge in [0.05, 0.1) is 5.56 Å². The van der Waals surface area contributed by atoms with Crippen molar-refractivity contribution in [2.75, 3.05) is 18.4 Å². The molecule has 1 unspecified atom stereocenters. The largest absolute Gasteiger partial charge is 0.322 e.